The molecule has 0 saturated heterocycles. The van der Waals surface area contributed by atoms with Gasteiger partial charge in [-0.1, -0.05) is 154 Å². The lowest BCUT2D eigenvalue weighted by atomic mass is 9.89. The van der Waals surface area contributed by atoms with Gasteiger partial charge in [-0.2, -0.15) is 0 Å². The van der Waals surface area contributed by atoms with E-state index in [-0.39, 0.29) is 0 Å². The first-order valence-electron chi connectivity index (χ1n) is 32.1. The van der Waals surface area contributed by atoms with Crippen LogP contribution in [-0.4, -0.2) is 28.2 Å². The third-order valence-corrected chi connectivity index (χ3v) is 19.2. The molecule has 11 aromatic carbocycles. The molecule has 0 radical (unpaired) electrons. The molecular formula is C86H68N6. The molecule has 0 spiro atoms. The smallest absolute Gasteiger partial charge is 0.0811 e. The van der Waals surface area contributed by atoms with Gasteiger partial charge in [0.2, 0.25) is 0 Å². The molecule has 6 heterocycles. The molecule has 0 amide bonds. The molecule has 6 aromatic heterocycles. The average molecular weight is 1190 g/mol. The number of pyridine rings is 2. The van der Waals surface area contributed by atoms with E-state index in [1.54, 1.807) is 0 Å². The highest BCUT2D eigenvalue weighted by molar-refractivity contribution is 6.19. The second-order valence-electron chi connectivity index (χ2n) is 26.1. The molecule has 6 nitrogen and oxygen atoms in total. The first-order valence-corrected chi connectivity index (χ1v) is 32.1. The summed E-state index contributed by atoms with van der Waals surface area (Å²) in [6.45, 7) is 22.1. The normalized spacial score (nSPS) is 12.0. The minimum atomic E-state index is 0.874. The maximum absolute atomic E-state index is 5.72. The summed E-state index contributed by atoms with van der Waals surface area (Å²) < 4.78 is 10.6. The summed E-state index contributed by atoms with van der Waals surface area (Å²) in [6.07, 6.45) is 0. The van der Waals surface area contributed by atoms with Crippen molar-refractivity contribution in [2.75, 3.05) is 0 Å². The third-order valence-electron chi connectivity index (χ3n) is 19.2. The van der Waals surface area contributed by atoms with Crippen molar-refractivity contribution in [2.24, 2.45) is 0 Å². The number of nitrogens with zero attached hydrogens (tertiary/aromatic N) is 6. The van der Waals surface area contributed by atoms with Gasteiger partial charge < -0.3 is 18.3 Å². The molecular weight excluding hydrogens is 1120 g/mol. The quantitative estimate of drug-likeness (QED) is 0.152. The highest BCUT2D eigenvalue weighted by Crippen LogP contribution is 2.55. The van der Waals surface area contributed by atoms with Crippen LogP contribution in [0.4, 0.5) is 0 Å². The summed E-state index contributed by atoms with van der Waals surface area (Å²) >= 11 is 0. The van der Waals surface area contributed by atoms with Crippen LogP contribution in [0.25, 0.3) is 155 Å². The predicted molar refractivity (Wildman–Crippen MR) is 389 cm³/mol. The van der Waals surface area contributed by atoms with E-state index in [2.05, 4.69) is 318 Å². The lowest BCUT2D eigenvalue weighted by Crippen LogP contribution is -2.16. The summed E-state index contributed by atoms with van der Waals surface area (Å²) in [5.41, 5.74) is 32.5. The summed E-state index contributed by atoms with van der Waals surface area (Å²) in [5.74, 6) is 0. The van der Waals surface area contributed by atoms with Crippen molar-refractivity contribution >= 4 is 87.2 Å². The van der Waals surface area contributed by atoms with Crippen molar-refractivity contribution in [2.45, 2.75) is 69.2 Å². The summed E-state index contributed by atoms with van der Waals surface area (Å²) in [6, 6.07) is 87.6. The van der Waals surface area contributed by atoms with E-state index in [9.17, 15) is 0 Å². The van der Waals surface area contributed by atoms with Crippen LogP contribution in [0, 0.1) is 69.2 Å². The number of fused-ring (bicyclic) bond motifs is 12. The van der Waals surface area contributed by atoms with Crippen LogP contribution >= 0.6 is 0 Å². The number of aryl methyl sites for hydroxylation is 10. The predicted octanol–water partition coefficient (Wildman–Crippen LogP) is 22.6. The Hall–Kier alpha value is -11.1. The number of hydrogen-bond acceptors (Lipinski definition) is 2. The van der Waals surface area contributed by atoms with Gasteiger partial charge in [0.25, 0.3) is 0 Å². The maximum atomic E-state index is 5.72. The molecule has 0 unspecified atom stereocenters. The van der Waals surface area contributed by atoms with Crippen molar-refractivity contribution < 1.29 is 0 Å². The van der Waals surface area contributed by atoms with Crippen molar-refractivity contribution in [3.8, 4) is 67.5 Å². The molecule has 6 heteroatoms. The summed E-state index contributed by atoms with van der Waals surface area (Å²) in [7, 11) is 0. The van der Waals surface area contributed by atoms with Crippen LogP contribution in [0.5, 0.6) is 0 Å². The Labute approximate surface area is 535 Å². The number of rotatable bonds is 8. The molecule has 0 N–H and O–H groups in total. The van der Waals surface area contributed by atoms with Crippen LogP contribution in [0.15, 0.2) is 231 Å². The third kappa shape index (κ3) is 8.54. The lowest BCUT2D eigenvalue weighted by molar-refractivity contribution is 1.04. The Kier molecular flexibility index (Phi) is 12.4. The molecule has 0 aliphatic carbocycles. The monoisotopic (exact) mass is 1180 g/mol. The molecule has 0 aliphatic heterocycles. The van der Waals surface area contributed by atoms with Crippen molar-refractivity contribution in [1.82, 2.24) is 28.2 Å². The number of aromatic nitrogens is 6. The average Bonchev–Trinajstić information content (AvgIpc) is 1.46. The SMILES string of the molecule is Cc1ccc2c(c1)c1cc(C)ccc1n2-c1c(-c2cc(C)nc(C)c2)c(-n2c3ccc(C)cc3c3cc(C)ccc32)c(-n2c3ccc(C)cc3c3cc(C)ccc32)c(-c2cc(-c3ccccc3)nc(-c3ccccc3)c2)c1-n1c2ccc(C)cc2c2cc(C)ccc21. The van der Waals surface area contributed by atoms with Crippen molar-refractivity contribution in [1.29, 1.82) is 0 Å². The van der Waals surface area contributed by atoms with Crippen LogP contribution < -0.4 is 0 Å². The van der Waals surface area contributed by atoms with Crippen molar-refractivity contribution in [3.05, 3.63) is 286 Å². The number of hydrogen-bond donors (Lipinski definition) is 0. The largest absolute Gasteiger partial charge is 0.306 e. The fourth-order valence-corrected chi connectivity index (χ4v) is 15.3. The van der Waals surface area contributed by atoms with Gasteiger partial charge in [0.1, 0.15) is 0 Å². The standard InChI is InChI=1S/C86H68N6/c1-49-21-29-73-63(37-49)64-38-50(2)22-30-74(64)89(73)83-81(61-45-57(9)87-58(10)46-61)84(90-75-31-23-51(3)39-65(75)66-40-52(4)24-32-76(66)90)86(92-79-35-27-55(7)43-69(79)70-44-56(8)28-36-80(70)92)82(85(83)91-77-33-25-53(5)41-67(77)68-42-54(6)26-34-78(68)91)62-47-71(59-17-13-11-14-18-59)88-72(48-62)60-19-15-12-16-20-60/h11-48H,1-10H3. The van der Waals surface area contributed by atoms with Crippen LogP contribution in [0.2, 0.25) is 0 Å². The first kappa shape index (κ1) is 55.0. The van der Waals surface area contributed by atoms with E-state index >= 15 is 0 Å². The van der Waals surface area contributed by atoms with Gasteiger partial charge in [0.05, 0.1) is 78.3 Å². The number of benzene rings is 11. The summed E-state index contributed by atoms with van der Waals surface area (Å²) in [4.78, 5) is 11.0. The van der Waals surface area contributed by atoms with Gasteiger partial charge in [0.15, 0.2) is 0 Å². The van der Waals surface area contributed by atoms with Gasteiger partial charge in [-0.3, -0.25) is 4.98 Å². The van der Waals surface area contributed by atoms with Crippen LogP contribution in [0.3, 0.4) is 0 Å². The van der Waals surface area contributed by atoms with Gasteiger partial charge in [0, 0.05) is 76.7 Å². The Morgan fingerprint density at radius 2 is 0.424 bits per heavy atom. The fourth-order valence-electron chi connectivity index (χ4n) is 15.3. The van der Waals surface area contributed by atoms with E-state index < -0.39 is 0 Å². The van der Waals surface area contributed by atoms with Gasteiger partial charge >= 0.3 is 0 Å². The zero-order chi connectivity index (χ0) is 62.5. The van der Waals surface area contributed by atoms with Crippen LogP contribution in [-0.2, 0) is 0 Å². The minimum absolute atomic E-state index is 0.874. The van der Waals surface area contributed by atoms with E-state index in [1.165, 1.54) is 87.6 Å². The molecule has 92 heavy (non-hydrogen) atoms. The second kappa shape index (κ2) is 20.7. The molecule has 0 atom stereocenters. The highest BCUT2D eigenvalue weighted by Gasteiger charge is 2.36. The Balaban J connectivity index is 1.28. The maximum Gasteiger partial charge on any atom is 0.0811 e. The van der Waals surface area contributed by atoms with E-state index in [4.69, 9.17) is 9.97 Å². The van der Waals surface area contributed by atoms with Gasteiger partial charge in [-0.25, -0.2) is 4.98 Å². The molecule has 0 fully saturated rings. The van der Waals surface area contributed by atoms with E-state index in [0.717, 1.165) is 123 Å². The highest BCUT2D eigenvalue weighted by atomic mass is 15.1. The molecule has 0 aliphatic rings. The van der Waals surface area contributed by atoms with Gasteiger partial charge in [-0.05, 0) is 202 Å². The van der Waals surface area contributed by atoms with Crippen LogP contribution in [0.1, 0.15) is 55.9 Å². The molecule has 0 bridgehead atoms. The summed E-state index contributed by atoms with van der Waals surface area (Å²) in [5, 5.41) is 9.55. The fraction of sp³-hybridized carbons (Fsp3) is 0.116. The van der Waals surface area contributed by atoms with E-state index in [1.807, 2.05) is 0 Å². The Bertz CT molecular complexity index is 5390. The lowest BCUT2D eigenvalue weighted by Gasteiger charge is -2.32. The van der Waals surface area contributed by atoms with Gasteiger partial charge in [-0.15, -0.1) is 0 Å². The van der Waals surface area contributed by atoms with Crippen molar-refractivity contribution in [3.63, 3.8) is 0 Å². The molecule has 17 aromatic rings. The molecule has 0 saturated carbocycles. The van der Waals surface area contributed by atoms with E-state index in [0.29, 0.717) is 0 Å². The minimum Gasteiger partial charge on any atom is -0.306 e. The molecule has 442 valence electrons. The molecule has 17 rings (SSSR count). The zero-order valence-corrected chi connectivity index (χ0v) is 53.6. The Morgan fingerprint density at radius 1 is 0.207 bits per heavy atom. The second-order valence-corrected chi connectivity index (χ2v) is 26.1. The zero-order valence-electron chi connectivity index (χ0n) is 53.6. The topological polar surface area (TPSA) is 45.5 Å². The Morgan fingerprint density at radius 3 is 0.652 bits per heavy atom. The first-order chi connectivity index (χ1) is 44.7.